The molecule has 3 heterocycles. The lowest BCUT2D eigenvalue weighted by Crippen LogP contribution is -2.12. The van der Waals surface area contributed by atoms with Crippen LogP contribution in [0, 0.1) is 10.1 Å². The summed E-state index contributed by atoms with van der Waals surface area (Å²) < 4.78 is 0. The molecular formula is C11H7N3O3S2. The van der Waals surface area contributed by atoms with Gasteiger partial charge in [-0.2, -0.15) is 0 Å². The summed E-state index contributed by atoms with van der Waals surface area (Å²) in [6.45, 7) is 0.0302. The van der Waals surface area contributed by atoms with Crippen molar-refractivity contribution in [1.29, 1.82) is 0 Å². The van der Waals surface area contributed by atoms with Gasteiger partial charge in [-0.1, -0.05) is 6.07 Å². The van der Waals surface area contributed by atoms with E-state index >= 15 is 0 Å². The predicted molar refractivity (Wildman–Crippen MR) is 74.4 cm³/mol. The summed E-state index contributed by atoms with van der Waals surface area (Å²) in [6, 6.07) is 5.22. The number of fused-ring (bicyclic) bond motifs is 1. The highest BCUT2D eigenvalue weighted by molar-refractivity contribution is 7.20. The minimum Gasteiger partial charge on any atom is -0.315 e. The van der Waals surface area contributed by atoms with Gasteiger partial charge in [-0.15, -0.1) is 11.3 Å². The maximum Gasteiger partial charge on any atom is 0.326 e. The van der Waals surface area contributed by atoms with Gasteiger partial charge in [0.2, 0.25) is 5.91 Å². The van der Waals surface area contributed by atoms with E-state index in [9.17, 15) is 14.9 Å². The molecule has 19 heavy (non-hydrogen) atoms. The van der Waals surface area contributed by atoms with Crippen molar-refractivity contribution in [1.82, 2.24) is 0 Å². The minimum absolute atomic E-state index is 0.00328. The van der Waals surface area contributed by atoms with Crippen LogP contribution in [0.5, 0.6) is 0 Å². The molecule has 1 aliphatic rings. The van der Waals surface area contributed by atoms with Crippen molar-refractivity contribution in [2.45, 2.75) is 0 Å². The van der Waals surface area contributed by atoms with Crippen LogP contribution in [-0.2, 0) is 4.79 Å². The van der Waals surface area contributed by atoms with E-state index in [2.05, 4.69) is 10.3 Å². The highest BCUT2D eigenvalue weighted by atomic mass is 32.1. The zero-order chi connectivity index (χ0) is 13.4. The van der Waals surface area contributed by atoms with Crippen LogP contribution in [0.2, 0.25) is 0 Å². The number of carbonyl (C=O) groups excluding carboxylic acids is 1. The third-order valence-electron chi connectivity index (χ3n) is 2.54. The highest BCUT2D eigenvalue weighted by Crippen LogP contribution is 2.36. The monoisotopic (exact) mass is 293 g/mol. The molecule has 1 aliphatic heterocycles. The molecule has 0 unspecified atom stereocenters. The maximum absolute atomic E-state index is 11.6. The van der Waals surface area contributed by atoms with E-state index in [1.807, 2.05) is 17.5 Å². The lowest BCUT2D eigenvalue weighted by atomic mass is 10.1. The molecule has 0 saturated carbocycles. The standard InChI is InChI=1S/C11H7N3O3S2/c15-8-5-12-10(7-2-1-3-18-7)6-4-9(14(16)17)19-11(6)13-8/h1-4H,5H2,(H,13,15). The van der Waals surface area contributed by atoms with Gasteiger partial charge in [0.15, 0.2) is 0 Å². The van der Waals surface area contributed by atoms with Crippen molar-refractivity contribution < 1.29 is 9.72 Å². The Kier molecular flexibility index (Phi) is 2.88. The Bertz CT molecular complexity index is 688. The summed E-state index contributed by atoms with van der Waals surface area (Å²) in [4.78, 5) is 27.1. The van der Waals surface area contributed by atoms with Crippen LogP contribution in [0.3, 0.4) is 0 Å². The Morgan fingerprint density at radius 2 is 2.32 bits per heavy atom. The first-order valence-electron chi connectivity index (χ1n) is 5.32. The highest BCUT2D eigenvalue weighted by Gasteiger charge is 2.25. The van der Waals surface area contributed by atoms with Crippen molar-refractivity contribution in [2.24, 2.45) is 4.99 Å². The number of nitrogens with one attached hydrogen (secondary N) is 1. The smallest absolute Gasteiger partial charge is 0.315 e. The van der Waals surface area contributed by atoms with Crippen LogP contribution in [0.15, 0.2) is 28.6 Å². The van der Waals surface area contributed by atoms with Crippen molar-refractivity contribution in [3.8, 4) is 0 Å². The normalized spacial score (nSPS) is 14.3. The molecule has 3 rings (SSSR count). The Morgan fingerprint density at radius 1 is 1.47 bits per heavy atom. The number of carbonyl (C=O) groups is 1. The molecule has 96 valence electrons. The number of hydrogen-bond acceptors (Lipinski definition) is 6. The number of nitrogens with zero attached hydrogens (tertiary/aromatic N) is 2. The summed E-state index contributed by atoms with van der Waals surface area (Å²) in [6.07, 6.45) is 0. The number of rotatable bonds is 2. The minimum atomic E-state index is -0.461. The van der Waals surface area contributed by atoms with Crippen LogP contribution < -0.4 is 5.32 Å². The second-order valence-corrected chi connectivity index (χ2v) is 5.75. The molecule has 0 bridgehead atoms. The molecule has 0 fully saturated rings. The van der Waals surface area contributed by atoms with Gasteiger partial charge in [-0.05, 0) is 22.8 Å². The Labute approximate surface area is 115 Å². The molecule has 0 saturated heterocycles. The predicted octanol–water partition coefficient (Wildman–Crippen LogP) is 2.51. The summed E-state index contributed by atoms with van der Waals surface area (Å²) in [7, 11) is 0. The molecular weight excluding hydrogens is 286 g/mol. The third kappa shape index (κ3) is 2.15. The van der Waals surface area contributed by atoms with Gasteiger partial charge in [0, 0.05) is 11.6 Å². The van der Waals surface area contributed by atoms with Gasteiger partial charge < -0.3 is 5.32 Å². The van der Waals surface area contributed by atoms with Gasteiger partial charge in [-0.3, -0.25) is 19.9 Å². The van der Waals surface area contributed by atoms with E-state index in [1.165, 1.54) is 17.4 Å². The molecule has 2 aromatic rings. The second-order valence-electron chi connectivity index (χ2n) is 3.77. The zero-order valence-electron chi connectivity index (χ0n) is 9.45. The fourth-order valence-corrected chi connectivity index (χ4v) is 3.40. The van der Waals surface area contributed by atoms with E-state index in [0.29, 0.717) is 16.3 Å². The molecule has 0 spiro atoms. The van der Waals surface area contributed by atoms with Gasteiger partial charge in [0.25, 0.3) is 0 Å². The van der Waals surface area contributed by atoms with Crippen molar-refractivity contribution in [2.75, 3.05) is 11.9 Å². The van der Waals surface area contributed by atoms with Gasteiger partial charge in [0.05, 0.1) is 15.5 Å². The average molecular weight is 293 g/mol. The second kappa shape index (κ2) is 4.56. The van der Waals surface area contributed by atoms with Crippen molar-refractivity contribution in [3.05, 3.63) is 44.1 Å². The maximum atomic E-state index is 11.6. The largest absolute Gasteiger partial charge is 0.326 e. The number of thiophene rings is 2. The molecule has 0 atom stereocenters. The van der Waals surface area contributed by atoms with E-state index in [1.54, 1.807) is 0 Å². The molecule has 1 N–H and O–H groups in total. The first-order chi connectivity index (χ1) is 9.15. The quantitative estimate of drug-likeness (QED) is 0.682. The fraction of sp³-hybridized carbons (Fsp3) is 0.0909. The molecule has 6 nitrogen and oxygen atoms in total. The zero-order valence-corrected chi connectivity index (χ0v) is 11.1. The van der Waals surface area contributed by atoms with Gasteiger partial charge in [0.1, 0.15) is 11.5 Å². The molecule has 8 heteroatoms. The Balaban J connectivity index is 2.16. The average Bonchev–Trinajstić information content (AvgIpc) is 2.98. The van der Waals surface area contributed by atoms with Crippen LogP contribution in [0.1, 0.15) is 10.4 Å². The van der Waals surface area contributed by atoms with Crippen LogP contribution in [0.4, 0.5) is 10.0 Å². The first kappa shape index (κ1) is 12.0. The molecule has 2 aromatic heterocycles. The number of aliphatic imine (C=N–C) groups is 1. The van der Waals surface area contributed by atoms with E-state index in [0.717, 1.165) is 16.2 Å². The third-order valence-corrected chi connectivity index (χ3v) is 4.42. The van der Waals surface area contributed by atoms with E-state index < -0.39 is 4.92 Å². The van der Waals surface area contributed by atoms with E-state index in [4.69, 9.17) is 0 Å². The topological polar surface area (TPSA) is 84.6 Å². The first-order valence-corrected chi connectivity index (χ1v) is 7.01. The van der Waals surface area contributed by atoms with Crippen LogP contribution in [0.25, 0.3) is 0 Å². The summed E-state index contributed by atoms with van der Waals surface area (Å²) in [5, 5.41) is 15.9. The lowest BCUT2D eigenvalue weighted by Gasteiger charge is -2.00. The van der Waals surface area contributed by atoms with Crippen molar-refractivity contribution in [3.63, 3.8) is 0 Å². The van der Waals surface area contributed by atoms with Crippen molar-refractivity contribution >= 4 is 44.3 Å². The molecule has 1 amide bonds. The Hall–Kier alpha value is -2.06. The number of amides is 1. The molecule has 0 aliphatic carbocycles. The van der Waals surface area contributed by atoms with Gasteiger partial charge in [-0.25, -0.2) is 0 Å². The van der Waals surface area contributed by atoms with Crippen LogP contribution >= 0.6 is 22.7 Å². The number of anilines is 1. The summed E-state index contributed by atoms with van der Waals surface area (Å²) in [5.41, 5.74) is 1.25. The summed E-state index contributed by atoms with van der Waals surface area (Å²) in [5.74, 6) is -0.260. The number of hydrogen-bond donors (Lipinski definition) is 1. The lowest BCUT2D eigenvalue weighted by molar-refractivity contribution is -0.380. The Morgan fingerprint density at radius 3 is 3.00 bits per heavy atom. The SMILES string of the molecule is O=C1CN=C(c2cccs2)c2cc([N+](=O)[O-])sc2N1. The fourth-order valence-electron chi connectivity index (χ4n) is 1.76. The number of nitro groups is 1. The molecule has 0 radical (unpaired) electrons. The molecule has 0 aromatic carbocycles. The summed E-state index contributed by atoms with van der Waals surface area (Å²) >= 11 is 2.44. The van der Waals surface area contributed by atoms with Gasteiger partial charge >= 0.3 is 5.00 Å². The van der Waals surface area contributed by atoms with E-state index in [-0.39, 0.29) is 17.5 Å². The van der Waals surface area contributed by atoms with Crippen LogP contribution in [-0.4, -0.2) is 23.1 Å².